The van der Waals surface area contributed by atoms with Crippen molar-refractivity contribution in [3.05, 3.63) is 47.3 Å². The molecule has 0 bridgehead atoms. The molecular formula is C17H18F3N5. The summed E-state index contributed by atoms with van der Waals surface area (Å²) in [4.78, 5) is 4.06. The van der Waals surface area contributed by atoms with Crippen molar-refractivity contribution in [1.29, 1.82) is 5.26 Å². The van der Waals surface area contributed by atoms with Gasteiger partial charge in [0, 0.05) is 24.7 Å². The van der Waals surface area contributed by atoms with Crippen LogP contribution in [0.5, 0.6) is 0 Å². The van der Waals surface area contributed by atoms with E-state index < -0.39 is 24.7 Å². The number of hydrogen-bond donors (Lipinski definition) is 3. The van der Waals surface area contributed by atoms with Crippen molar-refractivity contribution < 1.29 is 13.2 Å². The maximum Gasteiger partial charge on any atom is 0.240 e. The smallest absolute Gasteiger partial charge is 0.240 e. The lowest BCUT2D eigenvalue weighted by atomic mass is 10.2. The molecule has 8 heteroatoms. The zero-order chi connectivity index (χ0) is 18.4. The fourth-order valence-electron chi connectivity index (χ4n) is 2.19. The zero-order valence-electron chi connectivity index (χ0n) is 13.6. The Labute approximate surface area is 143 Å². The van der Waals surface area contributed by atoms with Gasteiger partial charge in [-0.3, -0.25) is 0 Å². The van der Waals surface area contributed by atoms with E-state index in [-0.39, 0.29) is 23.7 Å². The number of aryl methyl sites for hydroxylation is 1. The molecule has 0 spiro atoms. The van der Waals surface area contributed by atoms with Crippen LogP contribution in [-0.2, 0) is 0 Å². The van der Waals surface area contributed by atoms with Crippen LogP contribution in [0.2, 0.25) is 0 Å². The number of alkyl halides is 2. The van der Waals surface area contributed by atoms with Crippen LogP contribution in [0.1, 0.15) is 17.5 Å². The third-order valence-electron chi connectivity index (χ3n) is 3.39. The highest BCUT2D eigenvalue weighted by atomic mass is 19.3. The summed E-state index contributed by atoms with van der Waals surface area (Å²) in [5, 5.41) is 14.7. The van der Waals surface area contributed by atoms with Gasteiger partial charge in [0.25, 0.3) is 0 Å². The molecule has 132 valence electrons. The molecule has 2 rings (SSSR count). The molecule has 0 radical (unpaired) electrons. The van der Waals surface area contributed by atoms with Gasteiger partial charge in [-0.2, -0.15) is 5.26 Å². The lowest BCUT2D eigenvalue weighted by molar-refractivity contribution is 0.130. The summed E-state index contributed by atoms with van der Waals surface area (Å²) < 4.78 is 38.6. The molecule has 2 aromatic rings. The fraction of sp³-hybridized carbons (Fsp3) is 0.294. The number of benzene rings is 1. The molecule has 25 heavy (non-hydrogen) atoms. The Balaban J connectivity index is 2.20. The third kappa shape index (κ3) is 5.36. The SMILES string of the molecule is Cc1cccc(Nc2nc(NCC(N)CC(F)F)c(F)cc2C#N)c1. The van der Waals surface area contributed by atoms with Crippen molar-refractivity contribution in [1.82, 2.24) is 4.98 Å². The van der Waals surface area contributed by atoms with Gasteiger partial charge in [0.2, 0.25) is 6.43 Å². The van der Waals surface area contributed by atoms with E-state index in [0.29, 0.717) is 5.69 Å². The Bertz CT molecular complexity index is 773. The summed E-state index contributed by atoms with van der Waals surface area (Å²) in [5.41, 5.74) is 7.27. The number of rotatable bonds is 7. The van der Waals surface area contributed by atoms with Gasteiger partial charge in [-0.05, 0) is 30.7 Å². The third-order valence-corrected chi connectivity index (χ3v) is 3.39. The van der Waals surface area contributed by atoms with Crippen molar-refractivity contribution in [2.75, 3.05) is 17.2 Å². The standard InChI is InChI=1S/C17H18F3N5/c1-10-3-2-4-13(5-10)24-16-11(8-21)6-14(18)17(25-16)23-9-12(22)7-15(19)20/h2-6,12,15H,7,9,22H2,1H3,(H2,23,24,25). The number of nitrogens with one attached hydrogen (secondary N) is 2. The minimum atomic E-state index is -2.53. The lowest BCUT2D eigenvalue weighted by Crippen LogP contribution is -2.31. The quantitative estimate of drug-likeness (QED) is 0.712. The summed E-state index contributed by atoms with van der Waals surface area (Å²) in [6.45, 7) is 1.84. The van der Waals surface area contributed by atoms with E-state index in [1.807, 2.05) is 31.2 Å². The minimum Gasteiger partial charge on any atom is -0.366 e. The summed E-state index contributed by atoms with van der Waals surface area (Å²) >= 11 is 0. The Morgan fingerprint density at radius 2 is 2.04 bits per heavy atom. The Morgan fingerprint density at radius 1 is 1.28 bits per heavy atom. The number of pyridine rings is 1. The largest absolute Gasteiger partial charge is 0.366 e. The maximum atomic E-state index is 14.0. The maximum absolute atomic E-state index is 14.0. The molecule has 1 atom stereocenters. The van der Waals surface area contributed by atoms with Crippen LogP contribution in [0.3, 0.4) is 0 Å². The second-order valence-electron chi connectivity index (χ2n) is 5.59. The van der Waals surface area contributed by atoms with Crippen molar-refractivity contribution in [2.45, 2.75) is 25.8 Å². The molecule has 5 nitrogen and oxygen atoms in total. The summed E-state index contributed by atoms with van der Waals surface area (Å²) in [6.07, 6.45) is -3.03. The zero-order valence-corrected chi connectivity index (χ0v) is 13.6. The van der Waals surface area contributed by atoms with Crippen LogP contribution in [0.25, 0.3) is 0 Å². The van der Waals surface area contributed by atoms with E-state index in [4.69, 9.17) is 11.0 Å². The van der Waals surface area contributed by atoms with Crippen LogP contribution in [-0.4, -0.2) is 24.0 Å². The first-order chi connectivity index (χ1) is 11.9. The molecule has 0 saturated heterocycles. The molecule has 4 N–H and O–H groups in total. The number of nitrogens with two attached hydrogens (primary N) is 1. The van der Waals surface area contributed by atoms with E-state index in [1.165, 1.54) is 0 Å². The second kappa shape index (κ2) is 8.35. The summed E-state index contributed by atoms with van der Waals surface area (Å²) in [7, 11) is 0. The molecule has 0 aliphatic rings. The first kappa shape index (κ1) is 18.5. The molecule has 1 aromatic carbocycles. The molecule has 0 fully saturated rings. The average molecular weight is 349 g/mol. The van der Waals surface area contributed by atoms with Crippen LogP contribution in [0.15, 0.2) is 30.3 Å². The first-order valence-electron chi connectivity index (χ1n) is 7.61. The molecule has 0 saturated carbocycles. The number of nitrogens with zero attached hydrogens (tertiary/aromatic N) is 2. The van der Waals surface area contributed by atoms with Gasteiger partial charge in [-0.1, -0.05) is 12.1 Å². The topological polar surface area (TPSA) is 86.8 Å². The van der Waals surface area contributed by atoms with Crippen LogP contribution >= 0.6 is 0 Å². The lowest BCUT2D eigenvalue weighted by Gasteiger charge is -2.15. The van der Waals surface area contributed by atoms with Gasteiger partial charge < -0.3 is 16.4 Å². The summed E-state index contributed by atoms with van der Waals surface area (Å²) in [6, 6.07) is 9.43. The van der Waals surface area contributed by atoms with E-state index in [0.717, 1.165) is 11.6 Å². The summed E-state index contributed by atoms with van der Waals surface area (Å²) in [5.74, 6) is -0.742. The van der Waals surface area contributed by atoms with Crippen LogP contribution in [0.4, 0.5) is 30.5 Å². The van der Waals surface area contributed by atoms with Gasteiger partial charge >= 0.3 is 0 Å². The van der Waals surface area contributed by atoms with Gasteiger partial charge in [-0.25, -0.2) is 18.2 Å². The monoisotopic (exact) mass is 349 g/mol. The molecule has 1 heterocycles. The Hall–Kier alpha value is -2.79. The molecule has 0 aliphatic heterocycles. The molecule has 0 amide bonds. The van der Waals surface area contributed by atoms with Crippen LogP contribution < -0.4 is 16.4 Å². The fourth-order valence-corrected chi connectivity index (χ4v) is 2.19. The van der Waals surface area contributed by atoms with Gasteiger partial charge in [0.05, 0.1) is 5.56 Å². The van der Waals surface area contributed by atoms with E-state index in [2.05, 4.69) is 15.6 Å². The normalized spacial score (nSPS) is 11.9. The van der Waals surface area contributed by atoms with Crippen molar-refractivity contribution in [2.24, 2.45) is 5.73 Å². The Morgan fingerprint density at radius 3 is 2.68 bits per heavy atom. The van der Waals surface area contributed by atoms with Crippen LogP contribution in [0, 0.1) is 24.1 Å². The van der Waals surface area contributed by atoms with Crippen molar-refractivity contribution in [3.8, 4) is 6.07 Å². The predicted molar refractivity (Wildman–Crippen MR) is 90.5 cm³/mol. The van der Waals surface area contributed by atoms with E-state index in [1.54, 1.807) is 6.07 Å². The number of halogens is 3. The van der Waals surface area contributed by atoms with E-state index >= 15 is 0 Å². The number of hydrogen-bond acceptors (Lipinski definition) is 5. The second-order valence-corrected chi connectivity index (χ2v) is 5.59. The molecular weight excluding hydrogens is 331 g/mol. The Kier molecular flexibility index (Phi) is 6.19. The van der Waals surface area contributed by atoms with Crippen molar-refractivity contribution >= 4 is 17.3 Å². The van der Waals surface area contributed by atoms with Gasteiger partial charge in [-0.15, -0.1) is 0 Å². The highest BCUT2D eigenvalue weighted by Gasteiger charge is 2.15. The van der Waals surface area contributed by atoms with Crippen molar-refractivity contribution in [3.63, 3.8) is 0 Å². The van der Waals surface area contributed by atoms with E-state index in [9.17, 15) is 13.2 Å². The number of aromatic nitrogens is 1. The number of nitriles is 1. The molecule has 0 aliphatic carbocycles. The van der Waals surface area contributed by atoms with Gasteiger partial charge in [0.1, 0.15) is 6.07 Å². The molecule has 1 aromatic heterocycles. The first-order valence-corrected chi connectivity index (χ1v) is 7.61. The molecule has 1 unspecified atom stereocenters. The van der Waals surface area contributed by atoms with Gasteiger partial charge in [0.15, 0.2) is 17.5 Å². The highest BCUT2D eigenvalue weighted by molar-refractivity contribution is 5.65. The minimum absolute atomic E-state index is 0.0291. The highest BCUT2D eigenvalue weighted by Crippen LogP contribution is 2.24. The number of anilines is 3. The predicted octanol–water partition coefficient (Wildman–Crippen LogP) is 3.54. The average Bonchev–Trinajstić information content (AvgIpc) is 2.54.